The first-order chi connectivity index (χ1) is 12.9. The fraction of sp³-hybridized carbons (Fsp3) is 0.0400. The topological polar surface area (TPSA) is 0 Å². The molecule has 26 heavy (non-hydrogen) atoms. The van der Waals surface area contributed by atoms with E-state index in [-0.39, 0.29) is 0 Å². The monoisotopic (exact) mass is 442 g/mol. The van der Waals surface area contributed by atoms with Crippen LogP contribution in [0.1, 0.15) is 5.56 Å². The quantitative estimate of drug-likeness (QED) is 0.412. The van der Waals surface area contributed by atoms with E-state index in [2.05, 4.69) is 121 Å². The third-order valence-electron chi connectivity index (χ3n) is 5.11. The molecule has 1 heteroatoms. The van der Waals surface area contributed by atoms with Crippen molar-refractivity contribution in [1.82, 2.24) is 0 Å². The zero-order valence-electron chi connectivity index (χ0n) is 14.8. The summed E-state index contributed by atoms with van der Waals surface area (Å²) >= 11 is -3.16. The Bertz CT molecular complexity index is 836. The van der Waals surface area contributed by atoms with E-state index < -0.39 is 18.4 Å². The molecule has 0 aliphatic carbocycles. The number of rotatable bonds is 5. The van der Waals surface area contributed by atoms with Crippen molar-refractivity contribution in [2.45, 2.75) is 4.44 Å². The van der Waals surface area contributed by atoms with E-state index in [4.69, 9.17) is 0 Å². The van der Waals surface area contributed by atoms with Crippen molar-refractivity contribution in [3.63, 3.8) is 0 Å². The minimum absolute atomic E-state index is 1.13. The van der Waals surface area contributed by atoms with Crippen molar-refractivity contribution < 1.29 is 0 Å². The van der Waals surface area contributed by atoms with Gasteiger partial charge in [-0.05, 0) is 0 Å². The van der Waals surface area contributed by atoms with E-state index in [0.29, 0.717) is 0 Å². The molecule has 0 nitrogen and oxygen atoms in total. The summed E-state index contributed by atoms with van der Waals surface area (Å²) in [5, 5.41) is 0. The molecule has 0 atom stereocenters. The zero-order chi connectivity index (χ0) is 17.7. The van der Waals surface area contributed by atoms with Gasteiger partial charge in [0, 0.05) is 0 Å². The maximum absolute atomic E-state index is 3.16. The molecule has 0 spiro atoms. The summed E-state index contributed by atoms with van der Waals surface area (Å²) < 4.78 is 5.72. The summed E-state index contributed by atoms with van der Waals surface area (Å²) in [6.07, 6.45) is 0. The van der Waals surface area contributed by atoms with Crippen LogP contribution >= 0.6 is 0 Å². The standard InChI is InChI=1S/C7H7.3C6H5.Sn/c1-7-5-3-2-4-6-7;3*1-2-4-6-5-3-1;/h2-6H,1H2;3*1-5H;. The predicted octanol–water partition coefficient (Wildman–Crippen LogP) is 3.94. The van der Waals surface area contributed by atoms with E-state index in [1.165, 1.54) is 16.3 Å². The average molecular weight is 441 g/mol. The molecule has 4 rings (SSSR count). The van der Waals surface area contributed by atoms with Gasteiger partial charge in [-0.2, -0.15) is 0 Å². The Morgan fingerprint density at radius 1 is 0.385 bits per heavy atom. The fourth-order valence-electron chi connectivity index (χ4n) is 3.88. The Morgan fingerprint density at radius 3 is 1.04 bits per heavy atom. The van der Waals surface area contributed by atoms with Crippen LogP contribution in [0.25, 0.3) is 0 Å². The number of hydrogen-bond donors (Lipinski definition) is 0. The molecule has 0 aliphatic rings. The Hall–Kier alpha value is -2.32. The van der Waals surface area contributed by atoms with Crippen molar-refractivity contribution in [3.05, 3.63) is 127 Å². The first kappa shape index (κ1) is 17.1. The molecule has 0 aromatic heterocycles. The third-order valence-corrected chi connectivity index (χ3v) is 19.1. The minimum atomic E-state index is -3.16. The second kappa shape index (κ2) is 7.92. The van der Waals surface area contributed by atoms with Crippen molar-refractivity contribution in [3.8, 4) is 0 Å². The Balaban J connectivity index is 2.00. The molecule has 0 aliphatic heterocycles. The van der Waals surface area contributed by atoms with Crippen LogP contribution in [0.4, 0.5) is 0 Å². The molecule has 4 aromatic carbocycles. The predicted molar refractivity (Wildman–Crippen MR) is 114 cm³/mol. The summed E-state index contributed by atoms with van der Waals surface area (Å²) in [5.41, 5.74) is 1.43. The van der Waals surface area contributed by atoms with Gasteiger partial charge in [-0.1, -0.05) is 0 Å². The summed E-state index contributed by atoms with van der Waals surface area (Å²) in [6.45, 7) is 0. The van der Waals surface area contributed by atoms with Crippen molar-refractivity contribution >= 4 is 29.1 Å². The molecular formula is C25H22Sn. The molecule has 0 unspecified atom stereocenters. The average Bonchev–Trinajstić information content (AvgIpc) is 2.75. The van der Waals surface area contributed by atoms with Crippen LogP contribution in [0.3, 0.4) is 0 Å². The Morgan fingerprint density at radius 2 is 0.692 bits per heavy atom. The summed E-state index contributed by atoms with van der Waals surface area (Å²) in [7, 11) is 0. The van der Waals surface area contributed by atoms with Crippen molar-refractivity contribution in [2.24, 2.45) is 0 Å². The molecule has 126 valence electrons. The first-order valence-corrected chi connectivity index (χ1v) is 15.4. The Labute approximate surface area is 160 Å². The molecule has 0 heterocycles. The Kier molecular flexibility index (Phi) is 5.21. The molecule has 0 saturated heterocycles. The van der Waals surface area contributed by atoms with Crippen LogP contribution in [0.2, 0.25) is 0 Å². The van der Waals surface area contributed by atoms with Gasteiger partial charge < -0.3 is 0 Å². The summed E-state index contributed by atoms with van der Waals surface area (Å²) in [6, 6.07) is 44.6. The van der Waals surface area contributed by atoms with Gasteiger partial charge in [-0.3, -0.25) is 0 Å². The van der Waals surface area contributed by atoms with Crippen LogP contribution in [0.15, 0.2) is 121 Å². The normalized spacial score (nSPS) is 11.2. The maximum atomic E-state index is 2.35. The van der Waals surface area contributed by atoms with E-state index in [1.54, 1.807) is 0 Å². The van der Waals surface area contributed by atoms with E-state index in [9.17, 15) is 0 Å². The molecule has 0 N–H and O–H groups in total. The second-order valence-electron chi connectivity index (χ2n) is 6.67. The molecule has 0 bridgehead atoms. The number of hydrogen-bond acceptors (Lipinski definition) is 0. The van der Waals surface area contributed by atoms with Crippen LogP contribution in [-0.4, -0.2) is 18.4 Å². The van der Waals surface area contributed by atoms with Gasteiger partial charge in [0.2, 0.25) is 0 Å². The van der Waals surface area contributed by atoms with Crippen LogP contribution < -0.4 is 10.7 Å². The van der Waals surface area contributed by atoms with E-state index in [0.717, 1.165) is 4.44 Å². The van der Waals surface area contributed by atoms with Gasteiger partial charge in [0.05, 0.1) is 0 Å². The van der Waals surface area contributed by atoms with Gasteiger partial charge in [-0.15, -0.1) is 0 Å². The van der Waals surface area contributed by atoms with Crippen LogP contribution in [-0.2, 0) is 4.44 Å². The van der Waals surface area contributed by atoms with Crippen molar-refractivity contribution in [1.29, 1.82) is 0 Å². The van der Waals surface area contributed by atoms with E-state index >= 15 is 0 Å². The molecule has 4 aromatic rings. The van der Waals surface area contributed by atoms with Crippen LogP contribution in [0.5, 0.6) is 0 Å². The van der Waals surface area contributed by atoms with Gasteiger partial charge >= 0.3 is 160 Å². The van der Waals surface area contributed by atoms with Gasteiger partial charge in [0.1, 0.15) is 0 Å². The summed E-state index contributed by atoms with van der Waals surface area (Å²) in [5.74, 6) is 0. The molecule has 0 fully saturated rings. The summed E-state index contributed by atoms with van der Waals surface area (Å²) in [4.78, 5) is 0. The first-order valence-electron chi connectivity index (χ1n) is 9.10. The van der Waals surface area contributed by atoms with E-state index in [1.807, 2.05) is 0 Å². The van der Waals surface area contributed by atoms with Crippen molar-refractivity contribution in [2.75, 3.05) is 0 Å². The van der Waals surface area contributed by atoms with Crippen LogP contribution in [0, 0.1) is 0 Å². The van der Waals surface area contributed by atoms with Gasteiger partial charge in [-0.25, -0.2) is 0 Å². The molecule has 0 saturated carbocycles. The van der Waals surface area contributed by atoms with Gasteiger partial charge in [0.25, 0.3) is 0 Å². The third kappa shape index (κ3) is 3.34. The fourth-order valence-corrected chi connectivity index (χ4v) is 17.4. The molecule has 0 radical (unpaired) electrons. The van der Waals surface area contributed by atoms with Gasteiger partial charge in [0.15, 0.2) is 0 Å². The molecule has 0 amide bonds. The number of benzene rings is 4. The SMILES string of the molecule is c1ccc([CH2][Sn]([c]2ccccc2)([c]2ccccc2)[c]2ccccc2)cc1. The molecular weight excluding hydrogens is 419 g/mol. The second-order valence-corrected chi connectivity index (χ2v) is 17.8. The zero-order valence-corrected chi connectivity index (χ0v) is 17.6.